The Kier molecular flexibility index (Phi) is 3.29. The highest BCUT2D eigenvalue weighted by Gasteiger charge is 2.12. The molecule has 0 amide bonds. The number of nitrogens with zero attached hydrogens (tertiary/aromatic N) is 4. The van der Waals surface area contributed by atoms with Gasteiger partial charge in [0.2, 0.25) is 17.8 Å². The minimum Gasteiger partial charge on any atom is -0.368 e. The number of para-hydroxylation sites is 1. The van der Waals surface area contributed by atoms with Crippen LogP contribution < -0.4 is 15.8 Å². The molecular weight excluding hydrogens is 236 g/mol. The number of nitrogens with two attached hydrogens (primary N) is 2. The van der Waals surface area contributed by atoms with E-state index >= 15 is 0 Å². The summed E-state index contributed by atoms with van der Waals surface area (Å²) in [5.41, 5.74) is 12.1. The third-order valence-corrected chi connectivity index (χ3v) is 2.75. The van der Waals surface area contributed by atoms with Crippen molar-refractivity contribution in [1.82, 2.24) is 15.0 Å². The van der Waals surface area contributed by atoms with Crippen LogP contribution in [0.1, 0.15) is 0 Å². The van der Waals surface area contributed by atoms with Gasteiger partial charge in [-0.3, -0.25) is 4.31 Å². The third-order valence-electron chi connectivity index (χ3n) is 2.01. The molecule has 1 aromatic carbocycles. The second-order valence-corrected chi connectivity index (χ2v) is 3.89. The summed E-state index contributed by atoms with van der Waals surface area (Å²) in [6.45, 7) is 0. The number of hydrogen-bond acceptors (Lipinski definition) is 7. The topological polar surface area (TPSA) is 94.0 Å². The van der Waals surface area contributed by atoms with E-state index in [0.717, 1.165) is 5.69 Å². The summed E-state index contributed by atoms with van der Waals surface area (Å²) >= 11 is 1.46. The van der Waals surface area contributed by atoms with Gasteiger partial charge >= 0.3 is 0 Å². The summed E-state index contributed by atoms with van der Waals surface area (Å²) in [4.78, 5) is 11.9. The van der Waals surface area contributed by atoms with Gasteiger partial charge in [-0.2, -0.15) is 15.0 Å². The van der Waals surface area contributed by atoms with Gasteiger partial charge in [0.1, 0.15) is 0 Å². The maximum absolute atomic E-state index is 5.55. The van der Waals surface area contributed by atoms with E-state index in [2.05, 4.69) is 15.0 Å². The van der Waals surface area contributed by atoms with E-state index < -0.39 is 0 Å². The van der Waals surface area contributed by atoms with Crippen LogP contribution in [0.4, 0.5) is 23.5 Å². The van der Waals surface area contributed by atoms with Crippen molar-refractivity contribution >= 4 is 35.5 Å². The first-order valence-corrected chi connectivity index (χ1v) is 6.05. The molecule has 0 unspecified atom stereocenters. The van der Waals surface area contributed by atoms with Gasteiger partial charge in [0, 0.05) is 6.26 Å². The molecule has 88 valence electrons. The van der Waals surface area contributed by atoms with Gasteiger partial charge in [-0.25, -0.2) is 0 Å². The third kappa shape index (κ3) is 2.56. The van der Waals surface area contributed by atoms with Crippen LogP contribution in [0.5, 0.6) is 0 Å². The fourth-order valence-corrected chi connectivity index (χ4v) is 1.93. The van der Waals surface area contributed by atoms with Gasteiger partial charge in [-0.15, -0.1) is 0 Å². The number of benzene rings is 1. The Hall–Kier alpha value is -2.02. The Morgan fingerprint density at radius 2 is 1.59 bits per heavy atom. The van der Waals surface area contributed by atoms with E-state index in [1.54, 1.807) is 0 Å². The van der Waals surface area contributed by atoms with Gasteiger partial charge in [0.05, 0.1) is 5.69 Å². The minimum absolute atomic E-state index is 0.113. The molecule has 2 rings (SSSR count). The number of anilines is 4. The molecule has 17 heavy (non-hydrogen) atoms. The molecule has 2 aromatic rings. The zero-order valence-corrected chi connectivity index (χ0v) is 10.1. The zero-order valence-electron chi connectivity index (χ0n) is 9.24. The second-order valence-electron chi connectivity index (χ2n) is 3.16. The number of rotatable bonds is 3. The lowest BCUT2D eigenvalue weighted by molar-refractivity contribution is 1.06. The lowest BCUT2D eigenvalue weighted by Gasteiger charge is -2.19. The van der Waals surface area contributed by atoms with Gasteiger partial charge < -0.3 is 11.5 Å². The highest BCUT2D eigenvalue weighted by molar-refractivity contribution is 8.00. The molecule has 0 aliphatic rings. The van der Waals surface area contributed by atoms with Crippen LogP contribution in [-0.2, 0) is 0 Å². The lowest BCUT2D eigenvalue weighted by Crippen LogP contribution is -2.13. The number of nitrogen functional groups attached to an aromatic ring is 2. The smallest absolute Gasteiger partial charge is 0.246 e. The summed E-state index contributed by atoms with van der Waals surface area (Å²) in [6.07, 6.45) is 1.92. The molecule has 0 saturated heterocycles. The van der Waals surface area contributed by atoms with Crippen LogP contribution in [0.25, 0.3) is 0 Å². The molecule has 1 heterocycles. The van der Waals surface area contributed by atoms with Crippen molar-refractivity contribution in [3.8, 4) is 0 Å². The fourth-order valence-electron chi connectivity index (χ4n) is 1.35. The Bertz CT molecular complexity index is 483. The first-order chi connectivity index (χ1) is 8.20. The van der Waals surface area contributed by atoms with Crippen molar-refractivity contribution in [2.45, 2.75) is 0 Å². The second kappa shape index (κ2) is 4.88. The Balaban J connectivity index is 2.42. The van der Waals surface area contributed by atoms with Gasteiger partial charge in [-0.05, 0) is 24.1 Å². The fraction of sp³-hybridized carbons (Fsp3) is 0.100. The van der Waals surface area contributed by atoms with E-state index in [4.69, 9.17) is 11.5 Å². The lowest BCUT2D eigenvalue weighted by atomic mass is 10.3. The van der Waals surface area contributed by atoms with Crippen molar-refractivity contribution in [2.24, 2.45) is 0 Å². The van der Waals surface area contributed by atoms with Gasteiger partial charge in [-0.1, -0.05) is 18.2 Å². The molecule has 0 radical (unpaired) electrons. The molecule has 6 nitrogen and oxygen atoms in total. The molecule has 0 saturated carbocycles. The van der Waals surface area contributed by atoms with Crippen LogP contribution >= 0.6 is 11.9 Å². The molecular formula is C10H12N6S. The highest BCUT2D eigenvalue weighted by atomic mass is 32.2. The Morgan fingerprint density at radius 3 is 2.12 bits per heavy atom. The summed E-state index contributed by atoms with van der Waals surface area (Å²) in [7, 11) is 0. The van der Waals surface area contributed by atoms with Crippen molar-refractivity contribution in [3.05, 3.63) is 30.3 Å². The molecule has 0 aliphatic carbocycles. The maximum Gasteiger partial charge on any atom is 0.246 e. The summed E-state index contributed by atoms with van der Waals surface area (Å²) in [5, 5.41) is 0. The average Bonchev–Trinajstić information content (AvgIpc) is 2.30. The number of aromatic nitrogens is 3. The monoisotopic (exact) mass is 248 g/mol. The predicted molar refractivity (Wildman–Crippen MR) is 70.7 cm³/mol. The van der Waals surface area contributed by atoms with Crippen LogP contribution in [0, 0.1) is 0 Å². The van der Waals surface area contributed by atoms with E-state index in [9.17, 15) is 0 Å². The largest absolute Gasteiger partial charge is 0.368 e. The van der Waals surface area contributed by atoms with Crippen LogP contribution in [0.15, 0.2) is 30.3 Å². The van der Waals surface area contributed by atoms with Crippen LogP contribution in [0.3, 0.4) is 0 Å². The highest BCUT2D eigenvalue weighted by Crippen LogP contribution is 2.28. The van der Waals surface area contributed by atoms with Crippen molar-refractivity contribution < 1.29 is 0 Å². The molecule has 0 fully saturated rings. The van der Waals surface area contributed by atoms with Crippen LogP contribution in [0.2, 0.25) is 0 Å². The Labute approximate surface area is 103 Å². The number of hydrogen-bond donors (Lipinski definition) is 2. The maximum atomic E-state index is 5.55. The predicted octanol–water partition coefficient (Wildman–Crippen LogP) is 1.45. The molecule has 0 aliphatic heterocycles. The normalized spacial score (nSPS) is 10.2. The Morgan fingerprint density at radius 1 is 1.00 bits per heavy atom. The van der Waals surface area contributed by atoms with Crippen molar-refractivity contribution in [2.75, 3.05) is 22.0 Å². The summed E-state index contributed by atoms with van der Waals surface area (Å²) in [5.74, 6) is 0.652. The van der Waals surface area contributed by atoms with Gasteiger partial charge in [0.15, 0.2) is 0 Å². The quantitative estimate of drug-likeness (QED) is 0.794. The van der Waals surface area contributed by atoms with Crippen molar-refractivity contribution in [3.63, 3.8) is 0 Å². The molecule has 1 aromatic heterocycles. The molecule has 0 bridgehead atoms. The molecule has 7 heteroatoms. The first-order valence-electron chi connectivity index (χ1n) is 4.87. The van der Waals surface area contributed by atoms with E-state index in [0.29, 0.717) is 5.95 Å². The molecule has 4 N–H and O–H groups in total. The average molecular weight is 248 g/mol. The van der Waals surface area contributed by atoms with E-state index in [-0.39, 0.29) is 11.9 Å². The standard InChI is InChI=1S/C10H12N6S/c1-17-16(7-5-3-2-4-6-7)10-14-8(11)13-9(12)15-10/h2-6H,1H3,(H4,11,12,13,14,15). The van der Waals surface area contributed by atoms with E-state index in [1.165, 1.54) is 11.9 Å². The SMILES string of the molecule is CSN(c1ccccc1)c1nc(N)nc(N)n1. The van der Waals surface area contributed by atoms with E-state index in [1.807, 2.05) is 40.9 Å². The first kappa shape index (κ1) is 11.5. The summed E-state index contributed by atoms with van der Waals surface area (Å²) in [6, 6.07) is 9.72. The molecule has 0 spiro atoms. The minimum atomic E-state index is 0.113. The van der Waals surface area contributed by atoms with Crippen molar-refractivity contribution in [1.29, 1.82) is 0 Å². The molecule has 0 atom stereocenters. The van der Waals surface area contributed by atoms with Crippen LogP contribution in [-0.4, -0.2) is 21.2 Å². The zero-order chi connectivity index (χ0) is 12.3. The summed E-state index contributed by atoms with van der Waals surface area (Å²) < 4.78 is 1.83. The van der Waals surface area contributed by atoms with Gasteiger partial charge in [0.25, 0.3) is 0 Å².